The molecular weight excluding hydrogens is 334 g/mol. The van der Waals surface area contributed by atoms with Crippen molar-refractivity contribution in [1.29, 1.82) is 0 Å². The van der Waals surface area contributed by atoms with E-state index in [-0.39, 0.29) is 30.8 Å². The summed E-state index contributed by atoms with van der Waals surface area (Å²) < 4.78 is 10.4. The standard InChI is InChI=1S/C16H25N3O4.ClH/c1-10(2)16(3,9-17)19-15(21)11-5-6-12(13(7-11)22-4)23-8-14(18)20;/h5-7,10H,8-9,17H2,1-4H3,(H2,18,20)(H,19,21);1H. The van der Waals surface area contributed by atoms with Gasteiger partial charge in [0.2, 0.25) is 0 Å². The molecule has 5 N–H and O–H groups in total. The molecule has 1 atom stereocenters. The first kappa shape index (κ1) is 22.0. The monoisotopic (exact) mass is 359 g/mol. The number of primary amides is 1. The molecule has 1 aromatic carbocycles. The van der Waals surface area contributed by atoms with Gasteiger partial charge in [0.25, 0.3) is 11.8 Å². The van der Waals surface area contributed by atoms with Crippen molar-refractivity contribution in [2.24, 2.45) is 17.4 Å². The Kier molecular flexibility index (Phi) is 8.57. The molecule has 0 fully saturated rings. The topological polar surface area (TPSA) is 117 Å². The van der Waals surface area contributed by atoms with Crippen molar-refractivity contribution in [2.45, 2.75) is 26.3 Å². The zero-order chi connectivity index (χ0) is 17.6. The molecule has 1 unspecified atom stereocenters. The van der Waals surface area contributed by atoms with Crippen LogP contribution in [0.3, 0.4) is 0 Å². The molecule has 24 heavy (non-hydrogen) atoms. The van der Waals surface area contributed by atoms with Crippen LogP contribution in [0.2, 0.25) is 0 Å². The number of nitrogens with one attached hydrogen (secondary N) is 1. The number of hydrogen-bond donors (Lipinski definition) is 3. The molecule has 0 heterocycles. The molecule has 0 saturated heterocycles. The quantitative estimate of drug-likeness (QED) is 0.642. The van der Waals surface area contributed by atoms with E-state index in [1.54, 1.807) is 18.2 Å². The first-order chi connectivity index (χ1) is 10.7. The van der Waals surface area contributed by atoms with Crippen LogP contribution in [-0.4, -0.2) is 37.6 Å². The van der Waals surface area contributed by atoms with Gasteiger partial charge >= 0.3 is 0 Å². The molecule has 0 aliphatic carbocycles. The van der Waals surface area contributed by atoms with Crippen LogP contribution in [0, 0.1) is 5.92 Å². The SMILES string of the molecule is COc1cc(C(=O)NC(C)(CN)C(C)C)ccc1OCC(N)=O.Cl. The molecule has 0 aliphatic heterocycles. The van der Waals surface area contributed by atoms with Crippen molar-refractivity contribution < 1.29 is 19.1 Å². The number of benzene rings is 1. The molecule has 0 aliphatic rings. The average Bonchev–Trinajstić information content (AvgIpc) is 2.52. The van der Waals surface area contributed by atoms with E-state index < -0.39 is 11.4 Å². The van der Waals surface area contributed by atoms with Crippen LogP contribution in [0.5, 0.6) is 11.5 Å². The Hall–Kier alpha value is -1.99. The molecule has 8 heteroatoms. The fraction of sp³-hybridized carbons (Fsp3) is 0.500. The lowest BCUT2D eigenvalue weighted by molar-refractivity contribution is -0.119. The van der Waals surface area contributed by atoms with Crippen molar-refractivity contribution in [1.82, 2.24) is 5.32 Å². The van der Waals surface area contributed by atoms with Crippen LogP contribution in [0.4, 0.5) is 0 Å². The lowest BCUT2D eigenvalue weighted by atomic mass is 9.88. The summed E-state index contributed by atoms with van der Waals surface area (Å²) in [5.41, 5.74) is 10.7. The largest absolute Gasteiger partial charge is 0.493 e. The van der Waals surface area contributed by atoms with E-state index in [1.165, 1.54) is 7.11 Å². The maximum atomic E-state index is 12.4. The van der Waals surface area contributed by atoms with Gasteiger partial charge in [-0.15, -0.1) is 12.4 Å². The van der Waals surface area contributed by atoms with Gasteiger partial charge in [0.1, 0.15) is 0 Å². The van der Waals surface area contributed by atoms with Gasteiger partial charge in [-0.05, 0) is 31.0 Å². The summed E-state index contributed by atoms with van der Waals surface area (Å²) in [5.74, 6) is 0.0126. The maximum absolute atomic E-state index is 12.4. The fourth-order valence-electron chi connectivity index (χ4n) is 1.84. The van der Waals surface area contributed by atoms with Crippen LogP contribution >= 0.6 is 12.4 Å². The highest BCUT2D eigenvalue weighted by Crippen LogP contribution is 2.28. The lowest BCUT2D eigenvalue weighted by Gasteiger charge is -2.33. The van der Waals surface area contributed by atoms with Crippen LogP contribution in [-0.2, 0) is 4.79 Å². The van der Waals surface area contributed by atoms with E-state index >= 15 is 0 Å². The Morgan fingerprint density at radius 1 is 1.29 bits per heavy atom. The number of rotatable bonds is 8. The highest BCUT2D eigenvalue weighted by molar-refractivity contribution is 5.95. The van der Waals surface area contributed by atoms with Crippen molar-refractivity contribution >= 4 is 24.2 Å². The molecule has 0 saturated carbocycles. The highest BCUT2D eigenvalue weighted by Gasteiger charge is 2.29. The van der Waals surface area contributed by atoms with E-state index in [0.29, 0.717) is 23.6 Å². The fourth-order valence-corrected chi connectivity index (χ4v) is 1.84. The average molecular weight is 360 g/mol. The molecule has 0 bridgehead atoms. The molecule has 136 valence electrons. The minimum atomic E-state index is -0.593. The zero-order valence-corrected chi connectivity index (χ0v) is 15.2. The molecule has 1 aromatic rings. The molecule has 2 amide bonds. The Morgan fingerprint density at radius 3 is 2.38 bits per heavy atom. The number of amides is 2. The Labute approximate surface area is 148 Å². The van der Waals surface area contributed by atoms with Gasteiger partial charge in [-0.1, -0.05) is 13.8 Å². The number of hydrogen-bond acceptors (Lipinski definition) is 5. The van der Waals surface area contributed by atoms with E-state index in [2.05, 4.69) is 5.32 Å². The molecule has 0 spiro atoms. The molecule has 0 radical (unpaired) electrons. The third-order valence-electron chi connectivity index (χ3n) is 3.89. The highest BCUT2D eigenvalue weighted by atomic mass is 35.5. The second-order valence-electron chi connectivity index (χ2n) is 5.85. The molecular formula is C16H26ClN3O4. The van der Waals surface area contributed by atoms with Crippen molar-refractivity contribution in [2.75, 3.05) is 20.3 Å². The van der Waals surface area contributed by atoms with Crippen molar-refractivity contribution in [3.63, 3.8) is 0 Å². The van der Waals surface area contributed by atoms with Crippen LogP contribution < -0.4 is 26.3 Å². The lowest BCUT2D eigenvalue weighted by Crippen LogP contribution is -2.55. The van der Waals surface area contributed by atoms with E-state index in [1.807, 2.05) is 20.8 Å². The normalized spacial score (nSPS) is 12.8. The number of methoxy groups -OCH3 is 1. The van der Waals surface area contributed by atoms with Crippen LogP contribution in [0.15, 0.2) is 18.2 Å². The number of nitrogens with two attached hydrogens (primary N) is 2. The second-order valence-corrected chi connectivity index (χ2v) is 5.85. The number of halogens is 1. The summed E-state index contributed by atoms with van der Waals surface area (Å²) in [6, 6.07) is 4.69. The van der Waals surface area contributed by atoms with Gasteiger partial charge in [-0.3, -0.25) is 9.59 Å². The third kappa shape index (κ3) is 5.58. The van der Waals surface area contributed by atoms with Crippen molar-refractivity contribution in [3.05, 3.63) is 23.8 Å². The predicted octanol–water partition coefficient (Wildman–Crippen LogP) is 1.08. The number of carbonyl (C=O) groups is 2. The summed E-state index contributed by atoms with van der Waals surface area (Å²) in [4.78, 5) is 23.2. The van der Waals surface area contributed by atoms with E-state index in [9.17, 15) is 9.59 Å². The van der Waals surface area contributed by atoms with Crippen molar-refractivity contribution in [3.8, 4) is 11.5 Å². The predicted molar refractivity (Wildman–Crippen MR) is 94.7 cm³/mol. The molecule has 7 nitrogen and oxygen atoms in total. The zero-order valence-electron chi connectivity index (χ0n) is 14.4. The first-order valence-electron chi connectivity index (χ1n) is 7.35. The van der Waals surface area contributed by atoms with Gasteiger partial charge < -0.3 is 26.3 Å². The van der Waals surface area contributed by atoms with E-state index in [4.69, 9.17) is 20.9 Å². The Bertz CT molecular complexity index is 580. The Balaban J connectivity index is 0.00000529. The summed E-state index contributed by atoms with van der Waals surface area (Å²) in [5, 5.41) is 2.95. The Morgan fingerprint density at radius 2 is 1.92 bits per heavy atom. The van der Waals surface area contributed by atoms with Gasteiger partial charge in [0, 0.05) is 12.1 Å². The van der Waals surface area contributed by atoms with Gasteiger partial charge in [-0.25, -0.2) is 0 Å². The van der Waals surface area contributed by atoms with E-state index in [0.717, 1.165) is 0 Å². The molecule has 0 aromatic heterocycles. The minimum absolute atomic E-state index is 0. The maximum Gasteiger partial charge on any atom is 0.255 e. The molecule has 1 rings (SSSR count). The first-order valence-corrected chi connectivity index (χ1v) is 7.35. The summed E-state index contributed by atoms with van der Waals surface area (Å²) in [6.07, 6.45) is 0. The summed E-state index contributed by atoms with van der Waals surface area (Å²) in [7, 11) is 1.45. The van der Waals surface area contributed by atoms with Crippen LogP contribution in [0.1, 0.15) is 31.1 Å². The van der Waals surface area contributed by atoms with Gasteiger partial charge in [0.05, 0.1) is 12.6 Å². The number of carbonyl (C=O) groups excluding carboxylic acids is 2. The van der Waals surface area contributed by atoms with Crippen LogP contribution in [0.25, 0.3) is 0 Å². The number of ether oxygens (including phenoxy) is 2. The van der Waals surface area contributed by atoms with Gasteiger partial charge in [-0.2, -0.15) is 0 Å². The second kappa shape index (κ2) is 9.34. The summed E-state index contributed by atoms with van der Waals surface area (Å²) >= 11 is 0. The minimum Gasteiger partial charge on any atom is -0.493 e. The smallest absolute Gasteiger partial charge is 0.255 e. The third-order valence-corrected chi connectivity index (χ3v) is 3.89. The summed E-state index contributed by atoms with van der Waals surface area (Å²) in [6.45, 7) is 5.95. The van der Waals surface area contributed by atoms with Gasteiger partial charge in [0.15, 0.2) is 18.1 Å².